The van der Waals surface area contributed by atoms with Crippen LogP contribution in [0.5, 0.6) is 0 Å². The first-order valence-corrected chi connectivity index (χ1v) is 8.17. The van der Waals surface area contributed by atoms with Crippen LogP contribution in [0.15, 0.2) is 0 Å². The molecule has 0 aromatic carbocycles. The maximum atomic E-state index is 6.04. The molecule has 0 aromatic rings. The van der Waals surface area contributed by atoms with Crippen LogP contribution >= 0.6 is 0 Å². The molecule has 0 radical (unpaired) electrons. The first-order valence-electron chi connectivity index (χ1n) is 5.77. The Morgan fingerprint density at radius 2 is 1.86 bits per heavy atom. The summed E-state index contributed by atoms with van der Waals surface area (Å²) in [6.45, 7) is 7.50. The van der Waals surface area contributed by atoms with E-state index in [1.807, 2.05) is 0 Å². The third-order valence-electron chi connectivity index (χ3n) is 3.53. The third kappa shape index (κ3) is 3.07. The van der Waals surface area contributed by atoms with Gasteiger partial charge < -0.3 is 8.85 Å². The molecule has 2 nitrogen and oxygen atoms in total. The zero-order chi connectivity index (χ0) is 10.6. The Morgan fingerprint density at radius 1 is 1.29 bits per heavy atom. The van der Waals surface area contributed by atoms with Crippen molar-refractivity contribution in [3.05, 3.63) is 0 Å². The quantitative estimate of drug-likeness (QED) is 0.656. The van der Waals surface area contributed by atoms with Crippen LogP contribution in [0.2, 0.25) is 12.1 Å². The summed E-state index contributed by atoms with van der Waals surface area (Å²) >= 11 is 0. The summed E-state index contributed by atoms with van der Waals surface area (Å²) in [4.78, 5) is 0. The molecule has 0 aliphatic heterocycles. The molecule has 1 aliphatic carbocycles. The van der Waals surface area contributed by atoms with Crippen molar-refractivity contribution >= 4 is 8.56 Å². The van der Waals surface area contributed by atoms with Crippen molar-refractivity contribution in [2.75, 3.05) is 13.7 Å². The lowest BCUT2D eigenvalue weighted by molar-refractivity contribution is 0.166. The Kier molecular flexibility index (Phi) is 4.61. The summed E-state index contributed by atoms with van der Waals surface area (Å²) in [5.74, 6) is 0.802. The Labute approximate surface area is 89.2 Å². The standard InChI is InChI=1S/C11H24O2Si/c1-10(2)14(4,12-3)13-9-11-7-5-6-8-11/h10-11H,5-9H2,1-4H3. The van der Waals surface area contributed by atoms with Crippen LogP contribution in [0.4, 0.5) is 0 Å². The lowest BCUT2D eigenvalue weighted by Gasteiger charge is -2.30. The van der Waals surface area contributed by atoms with Gasteiger partial charge in [0.2, 0.25) is 0 Å². The molecule has 1 fully saturated rings. The van der Waals surface area contributed by atoms with Gasteiger partial charge in [-0.3, -0.25) is 0 Å². The normalized spacial score (nSPS) is 22.9. The van der Waals surface area contributed by atoms with E-state index in [9.17, 15) is 0 Å². The molecular weight excluding hydrogens is 192 g/mol. The monoisotopic (exact) mass is 216 g/mol. The fraction of sp³-hybridized carbons (Fsp3) is 1.00. The summed E-state index contributed by atoms with van der Waals surface area (Å²) < 4.78 is 11.6. The van der Waals surface area contributed by atoms with Crippen molar-refractivity contribution in [2.45, 2.75) is 51.6 Å². The topological polar surface area (TPSA) is 18.5 Å². The molecule has 14 heavy (non-hydrogen) atoms. The predicted molar refractivity (Wildman–Crippen MR) is 61.6 cm³/mol. The molecule has 1 rings (SSSR count). The summed E-state index contributed by atoms with van der Waals surface area (Å²) in [6.07, 6.45) is 5.49. The minimum atomic E-state index is -1.87. The Bertz CT molecular complexity index is 167. The van der Waals surface area contributed by atoms with Crippen LogP contribution in [0, 0.1) is 5.92 Å². The van der Waals surface area contributed by atoms with Gasteiger partial charge in [-0.2, -0.15) is 0 Å². The fourth-order valence-electron chi connectivity index (χ4n) is 1.92. The summed E-state index contributed by atoms with van der Waals surface area (Å²) in [6, 6.07) is 0. The molecule has 0 bridgehead atoms. The minimum Gasteiger partial charge on any atom is -0.398 e. The van der Waals surface area contributed by atoms with Gasteiger partial charge in [-0.1, -0.05) is 26.7 Å². The molecule has 84 valence electrons. The van der Waals surface area contributed by atoms with Gasteiger partial charge in [-0.05, 0) is 30.8 Å². The van der Waals surface area contributed by atoms with Crippen LogP contribution < -0.4 is 0 Å². The zero-order valence-electron chi connectivity index (χ0n) is 10.0. The molecule has 1 unspecified atom stereocenters. The second-order valence-corrected chi connectivity index (χ2v) is 8.72. The highest BCUT2D eigenvalue weighted by atomic mass is 28.4. The van der Waals surface area contributed by atoms with E-state index in [4.69, 9.17) is 8.85 Å². The van der Waals surface area contributed by atoms with Crippen LogP contribution in [0.1, 0.15) is 39.5 Å². The lowest BCUT2D eigenvalue weighted by Crippen LogP contribution is -2.41. The second kappa shape index (κ2) is 5.28. The van der Waals surface area contributed by atoms with Crippen molar-refractivity contribution in [3.8, 4) is 0 Å². The van der Waals surface area contributed by atoms with Gasteiger partial charge in [0, 0.05) is 13.7 Å². The average Bonchev–Trinajstić information content (AvgIpc) is 2.66. The van der Waals surface area contributed by atoms with Crippen LogP contribution in [0.3, 0.4) is 0 Å². The first kappa shape index (κ1) is 12.2. The van der Waals surface area contributed by atoms with Crippen molar-refractivity contribution in [3.63, 3.8) is 0 Å². The van der Waals surface area contributed by atoms with Gasteiger partial charge >= 0.3 is 8.56 Å². The second-order valence-electron chi connectivity index (χ2n) is 4.84. The van der Waals surface area contributed by atoms with E-state index in [1.54, 1.807) is 7.11 Å². The molecule has 3 heteroatoms. The molecule has 0 spiro atoms. The SMILES string of the molecule is CO[Si](C)(OCC1CCCC1)C(C)C. The Morgan fingerprint density at radius 3 is 2.29 bits per heavy atom. The van der Waals surface area contributed by atoms with Crippen molar-refractivity contribution in [2.24, 2.45) is 5.92 Å². The van der Waals surface area contributed by atoms with E-state index >= 15 is 0 Å². The molecule has 0 saturated heterocycles. The predicted octanol–water partition coefficient (Wildman–Crippen LogP) is 3.32. The highest BCUT2D eigenvalue weighted by Gasteiger charge is 2.35. The molecule has 1 aliphatic rings. The van der Waals surface area contributed by atoms with Gasteiger partial charge in [-0.25, -0.2) is 0 Å². The van der Waals surface area contributed by atoms with Crippen LogP contribution in [-0.2, 0) is 8.85 Å². The molecule has 0 heterocycles. The highest BCUT2D eigenvalue weighted by molar-refractivity contribution is 6.67. The molecular formula is C11H24O2Si. The van der Waals surface area contributed by atoms with Crippen molar-refractivity contribution in [1.82, 2.24) is 0 Å². The number of rotatable bonds is 5. The fourth-order valence-corrected chi connectivity index (χ4v) is 3.41. The maximum absolute atomic E-state index is 6.04. The van der Waals surface area contributed by atoms with Crippen molar-refractivity contribution in [1.29, 1.82) is 0 Å². The van der Waals surface area contributed by atoms with E-state index in [1.165, 1.54) is 25.7 Å². The zero-order valence-corrected chi connectivity index (χ0v) is 11.0. The molecule has 0 amide bonds. The summed E-state index contributed by atoms with van der Waals surface area (Å²) in [5.41, 5.74) is 0.536. The van der Waals surface area contributed by atoms with Gasteiger partial charge in [0.1, 0.15) is 0 Å². The van der Waals surface area contributed by atoms with E-state index in [2.05, 4.69) is 20.4 Å². The van der Waals surface area contributed by atoms with Gasteiger partial charge in [-0.15, -0.1) is 0 Å². The average molecular weight is 216 g/mol. The van der Waals surface area contributed by atoms with Gasteiger partial charge in [0.25, 0.3) is 0 Å². The Hall–Kier alpha value is 0.137. The van der Waals surface area contributed by atoms with E-state index in [-0.39, 0.29) is 0 Å². The molecule has 1 saturated carbocycles. The summed E-state index contributed by atoms with van der Waals surface area (Å²) in [5, 5.41) is 0. The number of hydrogen-bond acceptors (Lipinski definition) is 2. The number of hydrogen-bond donors (Lipinski definition) is 0. The van der Waals surface area contributed by atoms with Gasteiger partial charge in [0.15, 0.2) is 0 Å². The van der Waals surface area contributed by atoms with E-state index in [0.717, 1.165) is 12.5 Å². The molecule has 1 atom stereocenters. The third-order valence-corrected chi connectivity index (χ3v) is 7.18. The summed E-state index contributed by atoms with van der Waals surface area (Å²) in [7, 11) is -0.0757. The van der Waals surface area contributed by atoms with Crippen LogP contribution in [0.25, 0.3) is 0 Å². The van der Waals surface area contributed by atoms with Crippen LogP contribution in [-0.4, -0.2) is 22.3 Å². The minimum absolute atomic E-state index is 0.536. The smallest absolute Gasteiger partial charge is 0.337 e. The molecule has 0 N–H and O–H groups in total. The molecule has 0 aromatic heterocycles. The first-order chi connectivity index (χ1) is 6.58. The van der Waals surface area contributed by atoms with E-state index in [0.29, 0.717) is 5.54 Å². The van der Waals surface area contributed by atoms with Crippen molar-refractivity contribution < 1.29 is 8.85 Å². The maximum Gasteiger partial charge on any atom is 0.337 e. The largest absolute Gasteiger partial charge is 0.398 e. The Balaban J connectivity index is 2.32. The van der Waals surface area contributed by atoms with Gasteiger partial charge in [0.05, 0.1) is 0 Å². The highest BCUT2D eigenvalue weighted by Crippen LogP contribution is 2.28. The van der Waals surface area contributed by atoms with E-state index < -0.39 is 8.56 Å². The lowest BCUT2D eigenvalue weighted by atomic mass is 10.1.